The Morgan fingerprint density at radius 1 is 1.03 bits per heavy atom. The van der Waals surface area contributed by atoms with Crippen molar-refractivity contribution in [3.8, 4) is 0 Å². The molecule has 0 saturated heterocycles. The van der Waals surface area contributed by atoms with Crippen molar-refractivity contribution in [1.82, 2.24) is 10.2 Å². The van der Waals surface area contributed by atoms with Gasteiger partial charge in [0.2, 0.25) is 11.8 Å². The summed E-state index contributed by atoms with van der Waals surface area (Å²) in [5, 5.41) is 5.04. The lowest BCUT2D eigenvalue weighted by Crippen LogP contribution is -2.53. The average molecular weight is 484 g/mol. The molecule has 5 rings (SSSR count). The fourth-order valence-corrected chi connectivity index (χ4v) is 5.54. The molecule has 3 aromatic carbocycles. The van der Waals surface area contributed by atoms with Gasteiger partial charge in [0, 0.05) is 23.5 Å². The Labute approximate surface area is 212 Å². The number of nitrogens with one attached hydrogen (secondary N) is 1. The zero-order chi connectivity index (χ0) is 25.2. The first kappa shape index (κ1) is 24.0. The predicted molar refractivity (Wildman–Crippen MR) is 142 cm³/mol. The van der Waals surface area contributed by atoms with Crippen LogP contribution in [-0.4, -0.2) is 41.2 Å². The number of rotatable bonds is 8. The van der Waals surface area contributed by atoms with E-state index in [-0.39, 0.29) is 30.3 Å². The highest BCUT2D eigenvalue weighted by Crippen LogP contribution is 2.37. The summed E-state index contributed by atoms with van der Waals surface area (Å²) in [5.74, 6) is -0.515. The fourth-order valence-electron chi connectivity index (χ4n) is 5.54. The van der Waals surface area contributed by atoms with Gasteiger partial charge in [-0.2, -0.15) is 0 Å². The van der Waals surface area contributed by atoms with Gasteiger partial charge in [-0.3, -0.25) is 19.3 Å². The maximum absolute atomic E-state index is 13.9. The van der Waals surface area contributed by atoms with E-state index in [9.17, 15) is 14.4 Å². The van der Waals surface area contributed by atoms with Gasteiger partial charge < -0.3 is 10.2 Å². The number of carbonyl (C=O) groups is 3. The van der Waals surface area contributed by atoms with E-state index in [2.05, 4.69) is 5.32 Å². The van der Waals surface area contributed by atoms with E-state index < -0.39 is 6.04 Å². The van der Waals surface area contributed by atoms with Gasteiger partial charge in [0.1, 0.15) is 12.6 Å². The third-order valence-electron chi connectivity index (χ3n) is 7.50. The SMILES string of the molecule is CCC(C(=O)NC1CCCC1)N(Cc1ccc(C)cc1)C(=O)CN1C(=O)c2cccc3cccc1c23. The van der Waals surface area contributed by atoms with E-state index >= 15 is 0 Å². The topological polar surface area (TPSA) is 69.7 Å². The van der Waals surface area contributed by atoms with Crippen LogP contribution in [0.4, 0.5) is 5.69 Å². The Hall–Kier alpha value is -3.67. The summed E-state index contributed by atoms with van der Waals surface area (Å²) in [7, 11) is 0. The molecule has 0 radical (unpaired) electrons. The lowest BCUT2D eigenvalue weighted by atomic mass is 10.1. The first-order valence-corrected chi connectivity index (χ1v) is 12.9. The van der Waals surface area contributed by atoms with Gasteiger partial charge in [-0.1, -0.05) is 73.9 Å². The van der Waals surface area contributed by atoms with Crippen molar-refractivity contribution in [1.29, 1.82) is 0 Å². The minimum atomic E-state index is -0.602. The van der Waals surface area contributed by atoms with Crippen LogP contribution in [0.25, 0.3) is 10.8 Å². The molecule has 0 aromatic heterocycles. The molecule has 6 heteroatoms. The summed E-state index contributed by atoms with van der Waals surface area (Å²) < 4.78 is 0. The first-order valence-electron chi connectivity index (χ1n) is 12.9. The van der Waals surface area contributed by atoms with Crippen LogP contribution in [-0.2, 0) is 16.1 Å². The zero-order valence-corrected chi connectivity index (χ0v) is 21.0. The lowest BCUT2D eigenvalue weighted by molar-refractivity contribution is -0.140. The summed E-state index contributed by atoms with van der Waals surface area (Å²) in [6.07, 6.45) is 4.71. The molecular weight excluding hydrogens is 450 g/mol. The minimum absolute atomic E-state index is 0.105. The van der Waals surface area contributed by atoms with Gasteiger partial charge in [0.05, 0.1) is 5.69 Å². The third kappa shape index (κ3) is 4.60. The Kier molecular flexibility index (Phi) is 6.77. The predicted octanol–water partition coefficient (Wildman–Crippen LogP) is 4.97. The van der Waals surface area contributed by atoms with E-state index in [1.54, 1.807) is 9.80 Å². The van der Waals surface area contributed by atoms with Gasteiger partial charge in [0.15, 0.2) is 0 Å². The quantitative estimate of drug-likeness (QED) is 0.492. The van der Waals surface area contributed by atoms with Gasteiger partial charge in [-0.15, -0.1) is 0 Å². The maximum Gasteiger partial charge on any atom is 0.259 e. The molecule has 1 saturated carbocycles. The molecular formula is C30H33N3O3. The summed E-state index contributed by atoms with van der Waals surface area (Å²) in [6.45, 7) is 4.17. The Bertz CT molecular complexity index is 1290. The second-order valence-corrected chi connectivity index (χ2v) is 9.99. The highest BCUT2D eigenvalue weighted by Gasteiger charge is 2.35. The molecule has 186 valence electrons. The van der Waals surface area contributed by atoms with Gasteiger partial charge >= 0.3 is 0 Å². The Balaban J connectivity index is 1.43. The molecule has 1 aliphatic heterocycles. The number of aryl methyl sites for hydroxylation is 1. The van der Waals surface area contributed by atoms with Crippen molar-refractivity contribution < 1.29 is 14.4 Å². The lowest BCUT2D eigenvalue weighted by Gasteiger charge is -2.33. The Morgan fingerprint density at radius 3 is 2.42 bits per heavy atom. The molecule has 2 aliphatic rings. The van der Waals surface area contributed by atoms with Crippen LogP contribution < -0.4 is 10.2 Å². The minimum Gasteiger partial charge on any atom is -0.352 e. The van der Waals surface area contributed by atoms with Gasteiger partial charge in [-0.25, -0.2) is 0 Å². The molecule has 6 nitrogen and oxygen atoms in total. The fraction of sp³-hybridized carbons (Fsp3) is 0.367. The molecule has 1 heterocycles. The largest absolute Gasteiger partial charge is 0.352 e. The molecule has 0 bridgehead atoms. The standard InChI is InChI=1S/C30H33N3O3/c1-3-25(29(35)31-23-10-4-5-11-23)32(18-21-16-14-20(2)15-17-21)27(34)19-33-26-13-7-9-22-8-6-12-24(28(22)26)30(33)36/h6-9,12-17,23,25H,3-5,10-11,18-19H2,1-2H3,(H,31,35). The van der Waals surface area contributed by atoms with Crippen molar-refractivity contribution in [2.45, 2.75) is 64.6 Å². The van der Waals surface area contributed by atoms with Crippen molar-refractivity contribution in [2.75, 3.05) is 11.4 Å². The summed E-state index contributed by atoms with van der Waals surface area (Å²) in [4.78, 5) is 43.8. The van der Waals surface area contributed by atoms with Gasteiger partial charge in [0.25, 0.3) is 5.91 Å². The van der Waals surface area contributed by atoms with Crippen molar-refractivity contribution in [3.63, 3.8) is 0 Å². The number of benzene rings is 3. The van der Waals surface area contributed by atoms with Crippen molar-refractivity contribution >= 4 is 34.2 Å². The number of hydrogen-bond donors (Lipinski definition) is 1. The van der Waals surface area contributed by atoms with E-state index in [0.29, 0.717) is 18.5 Å². The van der Waals surface area contributed by atoms with Crippen LogP contribution in [0.3, 0.4) is 0 Å². The van der Waals surface area contributed by atoms with Crippen LogP contribution >= 0.6 is 0 Å². The second kappa shape index (κ2) is 10.1. The molecule has 1 aliphatic carbocycles. The number of anilines is 1. The second-order valence-electron chi connectivity index (χ2n) is 9.99. The highest BCUT2D eigenvalue weighted by atomic mass is 16.2. The van der Waals surface area contributed by atoms with Crippen molar-refractivity contribution in [3.05, 3.63) is 77.4 Å². The number of nitrogens with zero attached hydrogens (tertiary/aromatic N) is 2. The maximum atomic E-state index is 13.9. The zero-order valence-electron chi connectivity index (χ0n) is 21.0. The molecule has 1 atom stereocenters. The smallest absolute Gasteiger partial charge is 0.259 e. The van der Waals surface area contributed by atoms with Crippen LogP contribution in [0.1, 0.15) is 60.5 Å². The monoisotopic (exact) mass is 483 g/mol. The van der Waals surface area contributed by atoms with Crippen LogP contribution in [0.2, 0.25) is 0 Å². The van der Waals surface area contributed by atoms with Crippen LogP contribution in [0, 0.1) is 6.92 Å². The summed E-state index contributed by atoms with van der Waals surface area (Å²) in [5.41, 5.74) is 3.46. The average Bonchev–Trinajstić information content (AvgIpc) is 3.49. The van der Waals surface area contributed by atoms with Gasteiger partial charge in [-0.05, 0) is 49.3 Å². The van der Waals surface area contributed by atoms with E-state index in [0.717, 1.165) is 53.3 Å². The number of amides is 3. The molecule has 0 spiro atoms. The first-order chi connectivity index (χ1) is 17.5. The molecule has 1 N–H and O–H groups in total. The highest BCUT2D eigenvalue weighted by molar-refractivity contribution is 6.26. The van der Waals surface area contributed by atoms with E-state index in [1.165, 1.54) is 0 Å². The number of carbonyl (C=O) groups excluding carboxylic acids is 3. The normalized spacial score (nSPS) is 15.9. The van der Waals surface area contributed by atoms with Crippen molar-refractivity contribution in [2.24, 2.45) is 0 Å². The molecule has 1 fully saturated rings. The molecule has 3 aromatic rings. The third-order valence-corrected chi connectivity index (χ3v) is 7.50. The summed E-state index contributed by atoms with van der Waals surface area (Å²) >= 11 is 0. The molecule has 3 amide bonds. The van der Waals surface area contributed by atoms with Crippen LogP contribution in [0.5, 0.6) is 0 Å². The molecule has 1 unspecified atom stereocenters. The Morgan fingerprint density at radius 2 is 1.72 bits per heavy atom. The number of hydrogen-bond acceptors (Lipinski definition) is 3. The van der Waals surface area contributed by atoms with E-state index in [1.807, 2.05) is 74.5 Å². The summed E-state index contributed by atoms with van der Waals surface area (Å²) in [6, 6.07) is 19.0. The van der Waals surface area contributed by atoms with E-state index in [4.69, 9.17) is 0 Å². The molecule has 36 heavy (non-hydrogen) atoms. The van der Waals surface area contributed by atoms with Crippen LogP contribution in [0.15, 0.2) is 60.7 Å².